The minimum Gasteiger partial charge on any atom is -0.403 e. The Labute approximate surface area is 200 Å². The van der Waals surface area contributed by atoms with Gasteiger partial charge < -0.3 is 4.42 Å². The van der Waals surface area contributed by atoms with Gasteiger partial charge in [-0.25, -0.2) is 8.42 Å². The fourth-order valence-corrected chi connectivity index (χ4v) is 5.74. The largest absolute Gasteiger partial charge is 0.403 e. The molecule has 1 saturated heterocycles. The molecule has 1 aromatic heterocycles. The number of piperidine rings is 1. The maximum atomic E-state index is 13.4. The molecule has 0 unspecified atom stereocenters. The Balaban J connectivity index is 1.40. The maximum Gasteiger partial charge on any atom is 0.322 e. The summed E-state index contributed by atoms with van der Waals surface area (Å²) in [6, 6.07) is 15.0. The monoisotopic (exact) mass is 482 g/mol. The van der Waals surface area contributed by atoms with Crippen molar-refractivity contribution in [1.29, 1.82) is 0 Å². The zero-order chi connectivity index (χ0) is 24.5. The van der Waals surface area contributed by atoms with E-state index < -0.39 is 10.0 Å². The number of carbonyl (C=O) groups excluding carboxylic acids is 1. The number of amides is 1. The summed E-state index contributed by atoms with van der Waals surface area (Å²) in [5.74, 6) is -0.253. The highest BCUT2D eigenvalue weighted by molar-refractivity contribution is 7.89. The summed E-state index contributed by atoms with van der Waals surface area (Å²) in [5.41, 5.74) is 2.30. The molecule has 0 spiro atoms. The van der Waals surface area contributed by atoms with Crippen molar-refractivity contribution >= 4 is 21.9 Å². The molecule has 0 saturated carbocycles. The molecule has 34 heavy (non-hydrogen) atoms. The Morgan fingerprint density at radius 3 is 2.38 bits per heavy atom. The van der Waals surface area contributed by atoms with Crippen molar-refractivity contribution in [1.82, 2.24) is 14.5 Å². The SMILES string of the molecule is Cc1ccc(C(C)(C)C)cc1S(=O)(=O)N1CCC(C(=O)Nc2nnc(-c3ccccc3)o2)CC1. The molecular formula is C25H30N4O4S. The second-order valence-electron chi connectivity index (χ2n) is 9.68. The molecule has 1 fully saturated rings. The lowest BCUT2D eigenvalue weighted by Crippen LogP contribution is -2.41. The molecule has 8 nitrogen and oxygen atoms in total. The second kappa shape index (κ2) is 9.31. The molecule has 1 N–H and O–H groups in total. The number of benzene rings is 2. The zero-order valence-electron chi connectivity index (χ0n) is 19.9. The lowest BCUT2D eigenvalue weighted by molar-refractivity contribution is -0.121. The van der Waals surface area contributed by atoms with Gasteiger partial charge in [-0.15, -0.1) is 5.10 Å². The van der Waals surface area contributed by atoms with E-state index in [9.17, 15) is 13.2 Å². The van der Waals surface area contributed by atoms with Crippen molar-refractivity contribution in [2.45, 2.75) is 50.8 Å². The number of hydrogen-bond acceptors (Lipinski definition) is 6. The predicted octanol–water partition coefficient (Wildman–Crippen LogP) is 4.38. The van der Waals surface area contributed by atoms with E-state index in [0.717, 1.165) is 16.7 Å². The van der Waals surface area contributed by atoms with E-state index in [-0.39, 0.29) is 36.3 Å². The summed E-state index contributed by atoms with van der Waals surface area (Å²) in [7, 11) is -3.65. The third-order valence-electron chi connectivity index (χ3n) is 6.17. The molecule has 1 aliphatic heterocycles. The van der Waals surface area contributed by atoms with Crippen molar-refractivity contribution in [2.24, 2.45) is 5.92 Å². The van der Waals surface area contributed by atoms with Crippen molar-refractivity contribution in [2.75, 3.05) is 18.4 Å². The molecule has 0 radical (unpaired) electrons. The second-order valence-corrected chi connectivity index (χ2v) is 11.6. The summed E-state index contributed by atoms with van der Waals surface area (Å²) in [4.78, 5) is 13.1. The number of aromatic nitrogens is 2. The predicted molar refractivity (Wildman–Crippen MR) is 130 cm³/mol. The average Bonchev–Trinajstić information content (AvgIpc) is 3.27. The first-order valence-electron chi connectivity index (χ1n) is 11.4. The fraction of sp³-hybridized carbons (Fsp3) is 0.400. The molecular weight excluding hydrogens is 452 g/mol. The van der Waals surface area contributed by atoms with Crippen LogP contribution in [0.3, 0.4) is 0 Å². The van der Waals surface area contributed by atoms with Crippen LogP contribution in [0.1, 0.15) is 44.7 Å². The molecule has 0 atom stereocenters. The van der Waals surface area contributed by atoms with Gasteiger partial charge in [-0.1, -0.05) is 56.2 Å². The number of anilines is 1. The third kappa shape index (κ3) is 5.05. The van der Waals surface area contributed by atoms with E-state index in [4.69, 9.17) is 4.42 Å². The van der Waals surface area contributed by atoms with Crippen LogP contribution in [0.2, 0.25) is 0 Å². The molecule has 2 aromatic carbocycles. The van der Waals surface area contributed by atoms with Gasteiger partial charge in [0.15, 0.2) is 0 Å². The fourth-order valence-electron chi connectivity index (χ4n) is 4.02. The van der Waals surface area contributed by atoms with Gasteiger partial charge in [-0.2, -0.15) is 4.31 Å². The lowest BCUT2D eigenvalue weighted by Gasteiger charge is -2.31. The van der Waals surface area contributed by atoms with E-state index in [1.165, 1.54) is 4.31 Å². The number of aryl methyl sites for hydroxylation is 1. The molecule has 2 heterocycles. The van der Waals surface area contributed by atoms with Gasteiger partial charge >= 0.3 is 6.01 Å². The van der Waals surface area contributed by atoms with Crippen LogP contribution in [0, 0.1) is 12.8 Å². The third-order valence-corrected chi connectivity index (χ3v) is 8.21. The Bertz CT molecular complexity index is 1270. The van der Waals surface area contributed by atoms with Crippen molar-refractivity contribution in [3.63, 3.8) is 0 Å². The Morgan fingerprint density at radius 2 is 1.74 bits per heavy atom. The summed E-state index contributed by atoms with van der Waals surface area (Å²) in [6.07, 6.45) is 0.839. The molecule has 3 aromatic rings. The quantitative estimate of drug-likeness (QED) is 0.578. The normalized spacial score (nSPS) is 15.9. The number of sulfonamides is 1. The first kappa shape index (κ1) is 24.1. The van der Waals surface area contributed by atoms with Gasteiger partial charge in [0.05, 0.1) is 4.90 Å². The minimum absolute atomic E-state index is 0.0357. The number of rotatable bonds is 5. The highest BCUT2D eigenvalue weighted by Crippen LogP contribution is 2.30. The number of carbonyl (C=O) groups is 1. The average molecular weight is 483 g/mol. The van der Waals surface area contributed by atoms with Crippen LogP contribution < -0.4 is 5.32 Å². The summed E-state index contributed by atoms with van der Waals surface area (Å²) in [5, 5.41) is 10.6. The summed E-state index contributed by atoms with van der Waals surface area (Å²) in [6.45, 7) is 8.55. The number of hydrogen-bond donors (Lipinski definition) is 1. The molecule has 1 amide bonds. The van der Waals surface area contributed by atoms with E-state index >= 15 is 0 Å². The van der Waals surface area contributed by atoms with E-state index in [1.807, 2.05) is 49.4 Å². The van der Waals surface area contributed by atoms with Gasteiger partial charge in [0.25, 0.3) is 0 Å². The van der Waals surface area contributed by atoms with E-state index in [1.54, 1.807) is 6.07 Å². The highest BCUT2D eigenvalue weighted by atomic mass is 32.2. The van der Waals surface area contributed by atoms with Crippen LogP contribution in [0.5, 0.6) is 0 Å². The molecule has 180 valence electrons. The number of nitrogens with zero attached hydrogens (tertiary/aromatic N) is 3. The Morgan fingerprint density at radius 1 is 1.06 bits per heavy atom. The Kier molecular flexibility index (Phi) is 6.60. The summed E-state index contributed by atoms with van der Waals surface area (Å²) >= 11 is 0. The Hall–Kier alpha value is -3.04. The van der Waals surface area contributed by atoms with Crippen LogP contribution in [0.15, 0.2) is 57.8 Å². The molecule has 9 heteroatoms. The van der Waals surface area contributed by atoms with E-state index in [0.29, 0.717) is 23.6 Å². The van der Waals surface area contributed by atoms with Crippen LogP contribution in [-0.4, -0.2) is 41.9 Å². The smallest absolute Gasteiger partial charge is 0.322 e. The van der Waals surface area contributed by atoms with Gasteiger partial charge in [0.2, 0.25) is 21.8 Å². The van der Waals surface area contributed by atoms with Gasteiger partial charge in [0, 0.05) is 24.6 Å². The first-order valence-corrected chi connectivity index (χ1v) is 12.8. The first-order chi connectivity index (χ1) is 16.1. The van der Waals surface area contributed by atoms with E-state index in [2.05, 4.69) is 36.3 Å². The van der Waals surface area contributed by atoms with Crippen molar-refractivity contribution in [3.05, 3.63) is 59.7 Å². The standard InChI is InChI=1S/C25H30N4O4S/c1-17-10-11-20(25(2,3)4)16-21(17)34(31,32)29-14-12-18(13-15-29)22(30)26-24-28-27-23(33-24)19-8-6-5-7-9-19/h5-11,16,18H,12-15H2,1-4H3,(H,26,28,30). The van der Waals surface area contributed by atoms with Crippen molar-refractivity contribution < 1.29 is 17.6 Å². The molecule has 4 rings (SSSR count). The van der Waals surface area contributed by atoms with Gasteiger partial charge in [-0.3, -0.25) is 10.1 Å². The molecule has 0 bridgehead atoms. The zero-order valence-corrected chi connectivity index (χ0v) is 20.7. The maximum absolute atomic E-state index is 13.4. The van der Waals surface area contributed by atoms with Gasteiger partial charge in [-0.05, 0) is 54.5 Å². The van der Waals surface area contributed by atoms with Crippen molar-refractivity contribution in [3.8, 4) is 11.5 Å². The van der Waals surface area contributed by atoms with Gasteiger partial charge in [0.1, 0.15) is 0 Å². The topological polar surface area (TPSA) is 105 Å². The summed E-state index contributed by atoms with van der Waals surface area (Å²) < 4.78 is 33.8. The molecule has 1 aliphatic rings. The number of nitrogens with one attached hydrogen (secondary N) is 1. The molecule has 0 aliphatic carbocycles. The van der Waals surface area contributed by atoms with Crippen LogP contribution in [0.25, 0.3) is 11.5 Å². The van der Waals surface area contributed by atoms with Crippen LogP contribution in [-0.2, 0) is 20.2 Å². The minimum atomic E-state index is -3.65. The highest BCUT2D eigenvalue weighted by Gasteiger charge is 2.34. The lowest BCUT2D eigenvalue weighted by atomic mass is 9.87. The van der Waals surface area contributed by atoms with Crippen LogP contribution >= 0.6 is 0 Å². The van der Waals surface area contributed by atoms with Crippen LogP contribution in [0.4, 0.5) is 6.01 Å².